The van der Waals surface area contributed by atoms with Crippen molar-refractivity contribution in [3.63, 3.8) is 0 Å². The number of anilines is 1. The van der Waals surface area contributed by atoms with Gasteiger partial charge < -0.3 is 11.1 Å². The third-order valence-electron chi connectivity index (χ3n) is 4.54. The molecule has 0 aliphatic heterocycles. The van der Waals surface area contributed by atoms with Gasteiger partial charge in [-0.15, -0.1) is 11.3 Å². The first-order valence-corrected chi connectivity index (χ1v) is 9.76. The molecule has 32 heavy (non-hydrogen) atoms. The Hall–Kier alpha value is -3.80. The molecule has 0 bridgehead atoms. The van der Waals surface area contributed by atoms with E-state index >= 15 is 0 Å². The summed E-state index contributed by atoms with van der Waals surface area (Å²) in [7, 11) is 1.60. The van der Waals surface area contributed by atoms with Crippen LogP contribution in [0.4, 0.5) is 23.2 Å². The molecule has 0 radical (unpaired) electrons. The second-order valence-corrected chi connectivity index (χ2v) is 7.77. The zero-order valence-electron chi connectivity index (χ0n) is 16.2. The smallest absolute Gasteiger partial charge is 0.365 e. The van der Waals surface area contributed by atoms with E-state index in [2.05, 4.69) is 15.4 Å². The number of carbonyl (C=O) groups is 2. The lowest BCUT2D eigenvalue weighted by molar-refractivity contribution is -0.140. The molecule has 0 saturated carbocycles. The molecule has 4 rings (SSSR count). The molecular weight excluding hydrogens is 450 g/mol. The lowest BCUT2D eigenvalue weighted by atomic mass is 10.0. The number of nitrogens with one attached hydrogen (secondary N) is 1. The number of amides is 2. The fourth-order valence-corrected chi connectivity index (χ4v) is 4.12. The number of pyridine rings is 1. The van der Waals surface area contributed by atoms with Gasteiger partial charge >= 0.3 is 6.18 Å². The van der Waals surface area contributed by atoms with Crippen LogP contribution in [0.1, 0.15) is 25.7 Å². The van der Waals surface area contributed by atoms with Crippen LogP contribution >= 0.6 is 11.3 Å². The minimum atomic E-state index is -4.78. The number of aryl methyl sites for hydroxylation is 1. The zero-order valence-corrected chi connectivity index (χ0v) is 17.0. The predicted molar refractivity (Wildman–Crippen MR) is 110 cm³/mol. The highest BCUT2D eigenvalue weighted by Crippen LogP contribution is 2.43. The average Bonchev–Trinajstić information content (AvgIpc) is 3.31. The van der Waals surface area contributed by atoms with Crippen molar-refractivity contribution in [2.75, 3.05) is 5.32 Å². The van der Waals surface area contributed by atoms with E-state index in [1.54, 1.807) is 7.05 Å². The number of hydrogen-bond acceptors (Lipinski definition) is 5. The molecule has 12 heteroatoms. The molecule has 1 aromatic carbocycles. The van der Waals surface area contributed by atoms with Gasteiger partial charge in [-0.2, -0.15) is 18.3 Å². The van der Waals surface area contributed by atoms with Gasteiger partial charge in [-0.05, 0) is 29.3 Å². The van der Waals surface area contributed by atoms with E-state index in [-0.39, 0.29) is 37.5 Å². The van der Waals surface area contributed by atoms with Gasteiger partial charge in [0.2, 0.25) is 0 Å². The molecule has 3 N–H and O–H groups in total. The number of carbonyl (C=O) groups excluding carboxylic acids is 2. The van der Waals surface area contributed by atoms with Gasteiger partial charge in [-0.1, -0.05) is 12.1 Å². The molecule has 4 aromatic rings. The molecule has 0 unspecified atom stereocenters. The molecule has 3 aromatic heterocycles. The molecule has 0 fully saturated rings. The van der Waals surface area contributed by atoms with Gasteiger partial charge in [0.05, 0.1) is 17.4 Å². The molecule has 0 spiro atoms. The van der Waals surface area contributed by atoms with E-state index < -0.39 is 29.5 Å². The van der Waals surface area contributed by atoms with Crippen LogP contribution in [-0.2, 0) is 13.2 Å². The van der Waals surface area contributed by atoms with E-state index in [0.717, 1.165) is 18.2 Å². The van der Waals surface area contributed by atoms with Gasteiger partial charge in [0, 0.05) is 18.6 Å². The number of alkyl halides is 3. The van der Waals surface area contributed by atoms with Gasteiger partial charge in [0.15, 0.2) is 0 Å². The lowest BCUT2D eigenvalue weighted by Crippen LogP contribution is -2.16. The number of thiophene rings is 1. The van der Waals surface area contributed by atoms with Crippen LogP contribution in [-0.4, -0.2) is 26.6 Å². The second-order valence-electron chi connectivity index (χ2n) is 6.77. The summed E-state index contributed by atoms with van der Waals surface area (Å²) < 4.78 is 55.3. The Morgan fingerprint density at radius 2 is 1.88 bits per heavy atom. The first-order valence-electron chi connectivity index (χ1n) is 8.95. The fraction of sp³-hybridized carbons (Fsp3) is 0.100. The molecule has 2 amide bonds. The summed E-state index contributed by atoms with van der Waals surface area (Å²) >= 11 is 0.621. The number of nitrogens with zero attached hydrogens (tertiary/aromatic N) is 3. The Labute approximate surface area is 181 Å². The van der Waals surface area contributed by atoms with Gasteiger partial charge in [0.1, 0.15) is 21.2 Å². The quantitative estimate of drug-likeness (QED) is 0.443. The van der Waals surface area contributed by atoms with Crippen molar-refractivity contribution in [3.8, 4) is 11.1 Å². The second kappa shape index (κ2) is 7.71. The maximum atomic E-state index is 13.5. The minimum absolute atomic E-state index is 0.00700. The number of hydrogen-bond donors (Lipinski definition) is 2. The Morgan fingerprint density at radius 3 is 2.44 bits per heavy atom. The summed E-state index contributed by atoms with van der Waals surface area (Å²) in [5.74, 6) is -2.18. The summed E-state index contributed by atoms with van der Waals surface area (Å²) in [6.45, 7) is 0. The van der Waals surface area contributed by atoms with Crippen molar-refractivity contribution < 1.29 is 27.2 Å². The third-order valence-corrected chi connectivity index (χ3v) is 5.64. The maximum absolute atomic E-state index is 13.5. The number of halogens is 4. The highest BCUT2D eigenvalue weighted by atomic mass is 32.1. The molecule has 0 aliphatic carbocycles. The van der Waals surface area contributed by atoms with Crippen LogP contribution in [0.3, 0.4) is 0 Å². The van der Waals surface area contributed by atoms with E-state index in [4.69, 9.17) is 5.73 Å². The van der Waals surface area contributed by atoms with Crippen LogP contribution in [0.5, 0.6) is 0 Å². The highest BCUT2D eigenvalue weighted by Gasteiger charge is 2.35. The molecule has 164 valence electrons. The van der Waals surface area contributed by atoms with Gasteiger partial charge in [0.25, 0.3) is 11.8 Å². The number of nitrogens with two attached hydrogens (primary N) is 1. The van der Waals surface area contributed by atoms with Crippen LogP contribution in [0.15, 0.2) is 42.7 Å². The summed E-state index contributed by atoms with van der Waals surface area (Å²) in [4.78, 5) is 28.1. The Morgan fingerprint density at radius 1 is 1.19 bits per heavy atom. The fourth-order valence-electron chi connectivity index (χ4n) is 3.12. The van der Waals surface area contributed by atoms with Crippen molar-refractivity contribution in [1.82, 2.24) is 14.8 Å². The van der Waals surface area contributed by atoms with Gasteiger partial charge in [-0.3, -0.25) is 14.3 Å². The molecule has 0 saturated heterocycles. The van der Waals surface area contributed by atoms with Crippen LogP contribution in [0.25, 0.3) is 21.3 Å². The minimum Gasteiger partial charge on any atom is -0.365 e. The van der Waals surface area contributed by atoms with E-state index in [1.165, 1.54) is 29.2 Å². The predicted octanol–water partition coefficient (Wildman–Crippen LogP) is 4.21. The number of aromatic nitrogens is 3. The number of fused-ring (bicyclic) bond motifs is 1. The molecule has 0 aliphatic rings. The van der Waals surface area contributed by atoms with E-state index in [9.17, 15) is 27.2 Å². The number of rotatable bonds is 4. The van der Waals surface area contributed by atoms with E-state index in [1.807, 2.05) is 0 Å². The van der Waals surface area contributed by atoms with Crippen LogP contribution < -0.4 is 11.1 Å². The monoisotopic (exact) mass is 463 g/mol. The number of benzene rings is 1. The number of primary amides is 1. The SMILES string of the molecule is Cn1cc(C(=O)Nc2c(C(N)=O)sc3nc(C(F)(F)F)cc(-c4ccc(F)cc4)c23)cn1. The van der Waals surface area contributed by atoms with E-state index in [0.29, 0.717) is 11.3 Å². The standard InChI is InChI=1S/C20H13F4N5O2S/c1-29-8-10(7-26-29)18(31)28-15-14-12(9-2-4-11(21)5-3-9)6-13(20(22,23)24)27-19(14)32-16(15)17(25)30/h2-8H,1H3,(H2,25,30)(H,28,31). The first kappa shape index (κ1) is 21.4. The summed E-state index contributed by atoms with van der Waals surface area (Å²) in [5, 5.41) is 6.52. The topological polar surface area (TPSA) is 103 Å². The zero-order chi connectivity index (χ0) is 23.2. The Bertz CT molecular complexity index is 1360. The van der Waals surface area contributed by atoms with Crippen molar-refractivity contribution in [2.45, 2.75) is 6.18 Å². The molecule has 7 nitrogen and oxygen atoms in total. The van der Waals surface area contributed by atoms with Gasteiger partial charge in [-0.25, -0.2) is 9.37 Å². The molecule has 0 atom stereocenters. The molecule has 3 heterocycles. The van der Waals surface area contributed by atoms with Crippen molar-refractivity contribution in [2.24, 2.45) is 12.8 Å². The first-order chi connectivity index (χ1) is 15.0. The molecular formula is C20H13F4N5O2S. The summed E-state index contributed by atoms with van der Waals surface area (Å²) in [5.41, 5.74) is 4.55. The summed E-state index contributed by atoms with van der Waals surface area (Å²) in [6.07, 6.45) is -2.07. The largest absolute Gasteiger partial charge is 0.433 e. The van der Waals surface area contributed by atoms with Crippen LogP contribution in [0, 0.1) is 5.82 Å². The lowest BCUT2D eigenvalue weighted by Gasteiger charge is -2.12. The van der Waals surface area contributed by atoms with Crippen molar-refractivity contribution >= 4 is 39.1 Å². The Kier molecular flexibility index (Phi) is 5.17. The summed E-state index contributed by atoms with van der Waals surface area (Å²) in [6, 6.07) is 5.54. The maximum Gasteiger partial charge on any atom is 0.433 e. The Balaban J connectivity index is 1.99. The van der Waals surface area contributed by atoms with Crippen LogP contribution in [0.2, 0.25) is 0 Å². The average molecular weight is 463 g/mol. The normalized spacial score (nSPS) is 11.7. The highest BCUT2D eigenvalue weighted by molar-refractivity contribution is 7.21. The third kappa shape index (κ3) is 3.91. The van der Waals surface area contributed by atoms with Crippen molar-refractivity contribution in [1.29, 1.82) is 0 Å². The van der Waals surface area contributed by atoms with Crippen molar-refractivity contribution in [3.05, 3.63) is 64.7 Å².